The van der Waals surface area contributed by atoms with Crippen LogP contribution in [0, 0.1) is 13.8 Å². The summed E-state index contributed by atoms with van der Waals surface area (Å²) in [4.78, 5) is 26.7. The number of pyridine rings is 1. The first kappa shape index (κ1) is 37.1. The second-order valence-corrected chi connectivity index (χ2v) is 14.8. The highest BCUT2D eigenvalue weighted by atomic mass is 32.3. The van der Waals surface area contributed by atoms with E-state index in [0.29, 0.717) is 18.7 Å². The summed E-state index contributed by atoms with van der Waals surface area (Å²) in [6, 6.07) is 12.7. The second kappa shape index (κ2) is 15.9. The standard InChI is InChI=1S/C36H45N9O6S/c1-5-28-19-44(52(49,50)32-8-7-13-37-35(32)51-28)18-25-14-24(10-9-22(25)3)30(29-11-12-31-34(23(29)4)42-43-45(31)6-2)15-33(48)40-26-16-38-36(39-17-26)41-27(20-46)21-47/h7-14,16-17,27-28,30,46-47,49-50H,5-6,15,18-21H2,1-4H3,(H,40,48)(H,38,39,41)/t28-,30+/m1/s1. The zero-order chi connectivity index (χ0) is 37.0. The summed E-state index contributed by atoms with van der Waals surface area (Å²) in [5, 5.41) is 33.2. The number of aliphatic hydroxyl groups excluding tert-OH is 2. The number of carbonyl (C=O) groups excluding carboxylic acids is 1. The van der Waals surface area contributed by atoms with E-state index in [9.17, 15) is 24.1 Å². The number of rotatable bonds is 13. The zero-order valence-corrected chi connectivity index (χ0v) is 30.4. The van der Waals surface area contributed by atoms with Crippen molar-refractivity contribution in [1.82, 2.24) is 34.3 Å². The maximum atomic E-state index is 13.8. The van der Waals surface area contributed by atoms with Crippen molar-refractivity contribution in [2.45, 2.75) is 76.6 Å². The van der Waals surface area contributed by atoms with E-state index in [1.54, 1.807) is 22.6 Å². The number of hydrogen-bond donors (Lipinski definition) is 6. The average molecular weight is 732 g/mol. The van der Waals surface area contributed by atoms with Gasteiger partial charge in [-0.15, -0.1) is 15.9 Å². The van der Waals surface area contributed by atoms with Gasteiger partial charge in [-0.2, -0.15) is 4.31 Å². The van der Waals surface area contributed by atoms with Crippen LogP contribution in [0.4, 0.5) is 11.6 Å². The van der Waals surface area contributed by atoms with Gasteiger partial charge >= 0.3 is 0 Å². The first-order valence-electron chi connectivity index (χ1n) is 17.2. The number of aromatic nitrogens is 6. The molecule has 0 aliphatic carbocycles. The van der Waals surface area contributed by atoms with Crippen molar-refractivity contribution in [2.75, 3.05) is 30.4 Å². The molecule has 1 aliphatic rings. The minimum Gasteiger partial charge on any atom is -0.472 e. The quantitative estimate of drug-likeness (QED) is 0.0958. The Morgan fingerprint density at radius 3 is 2.54 bits per heavy atom. The zero-order valence-electron chi connectivity index (χ0n) is 29.6. The van der Waals surface area contributed by atoms with Crippen molar-refractivity contribution in [2.24, 2.45) is 0 Å². The second-order valence-electron chi connectivity index (χ2n) is 12.8. The molecule has 0 fully saturated rings. The van der Waals surface area contributed by atoms with Crippen LogP contribution >= 0.6 is 10.8 Å². The van der Waals surface area contributed by atoms with Gasteiger partial charge in [0.2, 0.25) is 17.7 Å². The number of fused-ring (bicyclic) bond motifs is 2. The summed E-state index contributed by atoms with van der Waals surface area (Å²) in [5.74, 6) is -0.244. The predicted octanol–water partition coefficient (Wildman–Crippen LogP) is 4.88. The Kier molecular flexibility index (Phi) is 11.3. The topological polar surface area (TPSA) is 204 Å². The number of carbonyl (C=O) groups is 1. The maximum absolute atomic E-state index is 13.8. The number of aryl methyl sites for hydroxylation is 3. The van der Waals surface area contributed by atoms with Crippen molar-refractivity contribution in [3.8, 4) is 5.88 Å². The Hall–Kier alpha value is -4.71. The fraction of sp³-hybridized carbons (Fsp3) is 0.389. The molecule has 4 heterocycles. The Morgan fingerprint density at radius 2 is 1.83 bits per heavy atom. The van der Waals surface area contributed by atoms with Crippen LogP contribution in [0.3, 0.4) is 0 Å². The van der Waals surface area contributed by atoms with Gasteiger partial charge in [-0.3, -0.25) is 13.9 Å². The van der Waals surface area contributed by atoms with Crippen LogP contribution in [-0.4, -0.2) is 91.4 Å². The molecule has 0 bridgehead atoms. The van der Waals surface area contributed by atoms with Gasteiger partial charge in [-0.1, -0.05) is 36.4 Å². The van der Waals surface area contributed by atoms with Crippen LogP contribution in [0.2, 0.25) is 0 Å². The van der Waals surface area contributed by atoms with E-state index >= 15 is 0 Å². The lowest BCUT2D eigenvalue weighted by Gasteiger charge is -2.41. The lowest BCUT2D eigenvalue weighted by Crippen LogP contribution is -2.34. The third-order valence-corrected chi connectivity index (χ3v) is 11.3. The van der Waals surface area contributed by atoms with Crippen LogP contribution in [0.5, 0.6) is 5.88 Å². The van der Waals surface area contributed by atoms with Crippen LogP contribution in [0.15, 0.2) is 66.0 Å². The predicted molar refractivity (Wildman–Crippen MR) is 198 cm³/mol. The van der Waals surface area contributed by atoms with E-state index in [-0.39, 0.29) is 61.5 Å². The average Bonchev–Trinajstić information content (AvgIpc) is 3.54. The number of hydrogen-bond acceptors (Lipinski definition) is 13. The highest BCUT2D eigenvalue weighted by Gasteiger charge is 2.36. The van der Waals surface area contributed by atoms with E-state index in [4.69, 9.17) is 4.74 Å². The Morgan fingerprint density at radius 1 is 1.06 bits per heavy atom. The molecule has 0 unspecified atom stereocenters. The summed E-state index contributed by atoms with van der Waals surface area (Å²) in [6.45, 7) is 8.55. The number of benzene rings is 2. The van der Waals surface area contributed by atoms with Gasteiger partial charge in [0.15, 0.2) is 0 Å². The van der Waals surface area contributed by atoms with E-state index in [1.807, 2.05) is 62.7 Å². The van der Waals surface area contributed by atoms with Crippen LogP contribution < -0.4 is 15.4 Å². The van der Waals surface area contributed by atoms with Crippen LogP contribution in [0.1, 0.15) is 60.4 Å². The highest BCUT2D eigenvalue weighted by Crippen LogP contribution is 2.57. The third kappa shape index (κ3) is 7.72. The molecule has 16 heteroatoms. The van der Waals surface area contributed by atoms with E-state index < -0.39 is 22.7 Å². The number of aliphatic hydroxyl groups is 2. The number of amides is 1. The smallest absolute Gasteiger partial charge is 0.239 e. The van der Waals surface area contributed by atoms with Gasteiger partial charge in [0.1, 0.15) is 16.5 Å². The van der Waals surface area contributed by atoms with Crippen molar-refractivity contribution in [3.05, 3.63) is 88.9 Å². The lowest BCUT2D eigenvalue weighted by molar-refractivity contribution is -0.116. The summed E-state index contributed by atoms with van der Waals surface area (Å²) in [7, 11) is -3.44. The van der Waals surface area contributed by atoms with Gasteiger partial charge in [0.05, 0.1) is 49.4 Å². The van der Waals surface area contributed by atoms with E-state index in [2.05, 4.69) is 35.9 Å². The molecule has 0 saturated carbocycles. The highest BCUT2D eigenvalue weighted by molar-refractivity contribution is 8.22. The molecular formula is C36H45N9O6S. The fourth-order valence-corrected chi connectivity index (χ4v) is 7.94. The van der Waals surface area contributed by atoms with E-state index in [0.717, 1.165) is 38.9 Å². The third-order valence-electron chi connectivity index (χ3n) is 9.41. The van der Waals surface area contributed by atoms with Crippen LogP contribution in [-0.2, 0) is 17.9 Å². The number of anilines is 2. The summed E-state index contributed by atoms with van der Waals surface area (Å²) >= 11 is 0. The molecule has 2 aromatic carbocycles. The molecule has 5 aromatic rings. The SMILES string of the molecule is CC[C@@H]1CN(Cc2cc([C@H](CC(=O)Nc3cnc(NC(CO)CO)nc3)c3ccc4c(nnn4CC)c3C)ccc2C)S(O)(O)c2cccnc2O1. The lowest BCUT2D eigenvalue weighted by atomic mass is 9.84. The minimum absolute atomic E-state index is 0.0670. The molecule has 0 saturated heterocycles. The Bertz CT molecular complexity index is 2020. The molecular weight excluding hydrogens is 687 g/mol. The van der Waals surface area contributed by atoms with Crippen LogP contribution in [0.25, 0.3) is 11.0 Å². The fourth-order valence-electron chi connectivity index (χ4n) is 6.37. The van der Waals surface area contributed by atoms with Gasteiger partial charge in [-0.25, -0.2) is 19.6 Å². The molecule has 52 heavy (non-hydrogen) atoms. The molecule has 3 aromatic heterocycles. The molecule has 2 atom stereocenters. The first-order valence-corrected chi connectivity index (χ1v) is 18.7. The molecule has 6 rings (SSSR count). The summed E-state index contributed by atoms with van der Waals surface area (Å²) in [6.07, 6.45) is 4.91. The number of nitrogens with one attached hydrogen (secondary N) is 2. The molecule has 1 aliphatic heterocycles. The Labute approximate surface area is 303 Å². The molecule has 1 amide bonds. The number of nitrogens with zero attached hydrogens (tertiary/aromatic N) is 7. The monoisotopic (exact) mass is 731 g/mol. The Balaban J connectivity index is 1.33. The van der Waals surface area contributed by atoms with Crippen molar-refractivity contribution in [1.29, 1.82) is 0 Å². The van der Waals surface area contributed by atoms with Crippen molar-refractivity contribution < 1.29 is 28.8 Å². The van der Waals surface area contributed by atoms with Gasteiger partial charge in [-0.05, 0) is 73.2 Å². The molecule has 6 N–H and O–H groups in total. The largest absolute Gasteiger partial charge is 0.472 e. The van der Waals surface area contributed by atoms with Crippen molar-refractivity contribution in [3.63, 3.8) is 0 Å². The molecule has 0 spiro atoms. The normalized spacial score (nSPS) is 16.9. The van der Waals surface area contributed by atoms with Gasteiger partial charge in [0, 0.05) is 31.6 Å². The van der Waals surface area contributed by atoms with E-state index in [1.165, 1.54) is 12.4 Å². The summed E-state index contributed by atoms with van der Waals surface area (Å²) < 4.78 is 32.9. The molecule has 0 radical (unpaired) electrons. The van der Waals surface area contributed by atoms with Crippen molar-refractivity contribution >= 4 is 39.4 Å². The molecule has 15 nitrogen and oxygen atoms in total. The van der Waals surface area contributed by atoms with Gasteiger partial charge in [0.25, 0.3) is 0 Å². The minimum atomic E-state index is -3.44. The molecule has 276 valence electrons. The maximum Gasteiger partial charge on any atom is 0.239 e. The summed E-state index contributed by atoms with van der Waals surface area (Å²) in [5.41, 5.74) is 6.57. The van der Waals surface area contributed by atoms with Gasteiger partial charge < -0.3 is 25.6 Å². The first-order chi connectivity index (χ1) is 25.1. The number of ether oxygens (including phenoxy) is 1.